The molecule has 0 N–H and O–H groups in total. The number of carbonyl (C=O) groups is 1. The van der Waals surface area contributed by atoms with E-state index in [-0.39, 0.29) is 11.6 Å². The monoisotopic (exact) mass is 293 g/mol. The maximum Gasteiger partial charge on any atom is 0.194 e. The largest absolute Gasteiger partial charge is 0.289 e. The quantitative estimate of drug-likeness (QED) is 0.793. The molecule has 0 saturated carbocycles. The van der Waals surface area contributed by atoms with E-state index in [4.69, 9.17) is 0 Å². The Hall–Kier alpha value is -1.55. The van der Waals surface area contributed by atoms with Crippen molar-refractivity contribution in [3.63, 3.8) is 0 Å². The second kappa shape index (κ2) is 4.75. The summed E-state index contributed by atoms with van der Waals surface area (Å²) in [4.78, 5) is 16.0. The number of hydrogen-bond acceptors (Lipinski definition) is 2. The van der Waals surface area contributed by atoms with Gasteiger partial charge in [-0.3, -0.25) is 9.78 Å². The van der Waals surface area contributed by atoms with Crippen LogP contribution in [0.3, 0.4) is 0 Å². The normalized spacial score (nSPS) is 10.3. The van der Waals surface area contributed by atoms with E-state index in [1.807, 2.05) is 0 Å². The summed E-state index contributed by atoms with van der Waals surface area (Å²) in [6, 6.07) is 6.01. The van der Waals surface area contributed by atoms with Crippen molar-refractivity contribution in [1.82, 2.24) is 4.98 Å². The number of benzene rings is 1. The van der Waals surface area contributed by atoms with Crippen LogP contribution in [0.25, 0.3) is 0 Å². The number of pyridine rings is 1. The molecule has 0 saturated heterocycles. The van der Waals surface area contributed by atoms with Gasteiger partial charge < -0.3 is 0 Å². The van der Waals surface area contributed by atoms with Crippen molar-refractivity contribution in [2.24, 2.45) is 0 Å². The van der Waals surface area contributed by atoms with Crippen molar-refractivity contribution < 1.29 is 9.18 Å². The zero-order chi connectivity index (χ0) is 12.4. The standard InChI is InChI=1S/C13H9BrFNO/c1-8-4-9(2-3-12(8)15)13(17)10-5-11(14)7-16-6-10/h2-7H,1H3. The van der Waals surface area contributed by atoms with E-state index in [0.29, 0.717) is 16.7 Å². The number of carbonyl (C=O) groups excluding carboxylic acids is 1. The molecule has 1 heterocycles. The molecule has 2 aromatic rings. The van der Waals surface area contributed by atoms with Gasteiger partial charge in [-0.1, -0.05) is 0 Å². The summed E-state index contributed by atoms with van der Waals surface area (Å²) in [6.45, 7) is 1.63. The number of rotatable bonds is 2. The molecule has 17 heavy (non-hydrogen) atoms. The van der Waals surface area contributed by atoms with E-state index in [1.165, 1.54) is 18.3 Å². The zero-order valence-corrected chi connectivity index (χ0v) is 10.7. The Labute approximate surface area is 107 Å². The van der Waals surface area contributed by atoms with Crippen molar-refractivity contribution in [3.05, 3.63) is 63.6 Å². The molecule has 2 rings (SSSR count). The van der Waals surface area contributed by atoms with Crippen LogP contribution in [0.2, 0.25) is 0 Å². The Morgan fingerprint density at radius 3 is 2.65 bits per heavy atom. The number of ketones is 1. The Morgan fingerprint density at radius 2 is 2.00 bits per heavy atom. The summed E-state index contributed by atoms with van der Waals surface area (Å²) in [5.74, 6) is -0.476. The van der Waals surface area contributed by atoms with Crippen LogP contribution in [0.1, 0.15) is 21.5 Å². The molecule has 0 aliphatic heterocycles. The Balaban J connectivity index is 2.40. The topological polar surface area (TPSA) is 30.0 Å². The van der Waals surface area contributed by atoms with E-state index in [2.05, 4.69) is 20.9 Å². The third-order valence-electron chi connectivity index (χ3n) is 2.39. The van der Waals surface area contributed by atoms with E-state index in [0.717, 1.165) is 4.47 Å². The van der Waals surface area contributed by atoms with Crippen LogP contribution in [0, 0.1) is 12.7 Å². The van der Waals surface area contributed by atoms with Gasteiger partial charge in [-0.25, -0.2) is 4.39 Å². The molecule has 1 aromatic heterocycles. The lowest BCUT2D eigenvalue weighted by Gasteiger charge is -2.03. The molecule has 0 unspecified atom stereocenters. The first-order chi connectivity index (χ1) is 8.08. The third kappa shape index (κ3) is 2.58. The van der Waals surface area contributed by atoms with Crippen molar-refractivity contribution in [1.29, 1.82) is 0 Å². The van der Waals surface area contributed by atoms with Gasteiger partial charge >= 0.3 is 0 Å². The summed E-state index contributed by atoms with van der Waals surface area (Å²) in [5, 5.41) is 0. The minimum absolute atomic E-state index is 0.165. The van der Waals surface area contributed by atoms with Gasteiger partial charge in [0.1, 0.15) is 5.82 Å². The predicted molar refractivity (Wildman–Crippen MR) is 66.5 cm³/mol. The van der Waals surface area contributed by atoms with Crippen molar-refractivity contribution >= 4 is 21.7 Å². The van der Waals surface area contributed by atoms with Gasteiger partial charge in [-0.2, -0.15) is 0 Å². The molecule has 86 valence electrons. The van der Waals surface area contributed by atoms with Gasteiger partial charge in [0.05, 0.1) is 0 Å². The van der Waals surface area contributed by atoms with Crippen LogP contribution in [-0.4, -0.2) is 10.8 Å². The Kier molecular flexibility index (Phi) is 3.33. The highest BCUT2D eigenvalue weighted by molar-refractivity contribution is 9.10. The summed E-state index contributed by atoms with van der Waals surface area (Å²) in [7, 11) is 0. The molecule has 4 heteroatoms. The van der Waals surface area contributed by atoms with Gasteiger partial charge in [0.2, 0.25) is 0 Å². The van der Waals surface area contributed by atoms with E-state index in [9.17, 15) is 9.18 Å². The van der Waals surface area contributed by atoms with Crippen LogP contribution in [0.15, 0.2) is 41.1 Å². The number of aromatic nitrogens is 1. The molecular weight excluding hydrogens is 285 g/mol. The molecule has 0 spiro atoms. The SMILES string of the molecule is Cc1cc(C(=O)c2cncc(Br)c2)ccc1F. The molecule has 1 aromatic carbocycles. The lowest BCUT2D eigenvalue weighted by Crippen LogP contribution is -2.02. The smallest absolute Gasteiger partial charge is 0.194 e. The number of hydrogen-bond donors (Lipinski definition) is 0. The second-order valence-corrected chi connectivity index (χ2v) is 4.60. The molecule has 0 atom stereocenters. The van der Waals surface area contributed by atoms with Gasteiger partial charge in [-0.05, 0) is 52.7 Å². The average molecular weight is 294 g/mol. The molecule has 0 radical (unpaired) electrons. The highest BCUT2D eigenvalue weighted by Gasteiger charge is 2.11. The molecule has 0 aliphatic carbocycles. The van der Waals surface area contributed by atoms with Gasteiger partial charge in [0, 0.05) is 28.0 Å². The van der Waals surface area contributed by atoms with E-state index in [1.54, 1.807) is 25.3 Å². The number of halogens is 2. The lowest BCUT2D eigenvalue weighted by atomic mass is 10.0. The number of aryl methyl sites for hydroxylation is 1. The Morgan fingerprint density at radius 1 is 1.24 bits per heavy atom. The van der Waals surface area contributed by atoms with Crippen LogP contribution < -0.4 is 0 Å². The molecular formula is C13H9BrFNO. The summed E-state index contributed by atoms with van der Waals surface area (Å²) in [6.07, 6.45) is 3.10. The average Bonchev–Trinajstić information content (AvgIpc) is 2.32. The van der Waals surface area contributed by atoms with Crippen LogP contribution in [-0.2, 0) is 0 Å². The first-order valence-electron chi connectivity index (χ1n) is 4.99. The maximum atomic E-state index is 13.1. The summed E-state index contributed by atoms with van der Waals surface area (Å²) in [5.41, 5.74) is 1.40. The van der Waals surface area contributed by atoms with E-state index >= 15 is 0 Å². The molecule has 0 bridgehead atoms. The van der Waals surface area contributed by atoms with Crippen molar-refractivity contribution in [3.8, 4) is 0 Å². The third-order valence-corrected chi connectivity index (χ3v) is 2.82. The minimum atomic E-state index is -0.311. The fourth-order valence-electron chi connectivity index (χ4n) is 1.49. The zero-order valence-electron chi connectivity index (χ0n) is 9.08. The van der Waals surface area contributed by atoms with Gasteiger partial charge in [0.25, 0.3) is 0 Å². The minimum Gasteiger partial charge on any atom is -0.289 e. The Bertz CT molecular complexity index is 583. The summed E-state index contributed by atoms with van der Waals surface area (Å²) >= 11 is 3.25. The van der Waals surface area contributed by atoms with Crippen LogP contribution in [0.4, 0.5) is 4.39 Å². The molecule has 0 fully saturated rings. The molecule has 2 nitrogen and oxygen atoms in total. The lowest BCUT2D eigenvalue weighted by molar-refractivity contribution is 0.103. The fraction of sp³-hybridized carbons (Fsp3) is 0.0769. The highest BCUT2D eigenvalue weighted by Crippen LogP contribution is 2.16. The van der Waals surface area contributed by atoms with E-state index < -0.39 is 0 Å². The van der Waals surface area contributed by atoms with Crippen molar-refractivity contribution in [2.75, 3.05) is 0 Å². The first kappa shape index (κ1) is 11.9. The number of nitrogens with zero attached hydrogens (tertiary/aromatic N) is 1. The van der Waals surface area contributed by atoms with Crippen LogP contribution >= 0.6 is 15.9 Å². The summed E-state index contributed by atoms with van der Waals surface area (Å²) < 4.78 is 13.8. The first-order valence-corrected chi connectivity index (χ1v) is 5.78. The molecule has 0 aliphatic rings. The highest BCUT2D eigenvalue weighted by atomic mass is 79.9. The van der Waals surface area contributed by atoms with Crippen molar-refractivity contribution in [2.45, 2.75) is 6.92 Å². The second-order valence-electron chi connectivity index (χ2n) is 3.68. The van der Waals surface area contributed by atoms with Crippen LogP contribution in [0.5, 0.6) is 0 Å². The fourth-order valence-corrected chi connectivity index (χ4v) is 1.85. The van der Waals surface area contributed by atoms with Gasteiger partial charge in [0.15, 0.2) is 5.78 Å². The molecule has 0 amide bonds. The van der Waals surface area contributed by atoms with Gasteiger partial charge in [-0.15, -0.1) is 0 Å². The predicted octanol–water partition coefficient (Wildman–Crippen LogP) is 3.52. The maximum absolute atomic E-state index is 13.1.